The summed E-state index contributed by atoms with van der Waals surface area (Å²) < 4.78 is 1.00. The molecule has 1 heterocycles. The highest BCUT2D eigenvalue weighted by atomic mass is 79.9. The maximum absolute atomic E-state index is 9.08. The zero-order valence-electron chi connectivity index (χ0n) is 8.91. The van der Waals surface area contributed by atoms with Gasteiger partial charge in [0.1, 0.15) is 0 Å². The number of aliphatic hydroxyl groups excluding tert-OH is 1. The van der Waals surface area contributed by atoms with Crippen molar-refractivity contribution in [3.8, 4) is 0 Å². The van der Waals surface area contributed by atoms with Crippen LogP contribution < -0.4 is 4.90 Å². The molecule has 0 saturated carbocycles. The summed E-state index contributed by atoms with van der Waals surface area (Å²) in [5.74, 6) is 0. The highest BCUT2D eigenvalue weighted by molar-refractivity contribution is 9.10. The van der Waals surface area contributed by atoms with Crippen molar-refractivity contribution < 1.29 is 5.11 Å². The smallest absolute Gasteiger partial charge is 0.0692 e. The maximum Gasteiger partial charge on any atom is 0.0692 e. The van der Waals surface area contributed by atoms with Gasteiger partial charge in [-0.25, -0.2) is 0 Å². The Kier molecular flexibility index (Phi) is 3.32. The number of hydrogen-bond donors (Lipinski definition) is 1. The van der Waals surface area contributed by atoms with Crippen LogP contribution in [0.1, 0.15) is 25.3 Å². The Morgan fingerprint density at radius 2 is 2.33 bits per heavy atom. The predicted octanol–water partition coefficient (Wildman–Crippen LogP) is 2.93. The van der Waals surface area contributed by atoms with Crippen molar-refractivity contribution in [1.29, 1.82) is 0 Å². The Morgan fingerprint density at radius 1 is 1.53 bits per heavy atom. The van der Waals surface area contributed by atoms with Gasteiger partial charge in [-0.05, 0) is 37.5 Å². The summed E-state index contributed by atoms with van der Waals surface area (Å²) in [5, 5.41) is 9.08. The molecular formula is C12H16BrNO. The van der Waals surface area contributed by atoms with E-state index in [-0.39, 0.29) is 6.61 Å². The van der Waals surface area contributed by atoms with Gasteiger partial charge in [0.05, 0.1) is 6.61 Å². The third-order valence-electron chi connectivity index (χ3n) is 3.09. The molecule has 15 heavy (non-hydrogen) atoms. The summed E-state index contributed by atoms with van der Waals surface area (Å²) in [7, 11) is 0. The van der Waals surface area contributed by atoms with E-state index in [4.69, 9.17) is 5.11 Å². The van der Waals surface area contributed by atoms with E-state index in [0.29, 0.717) is 6.04 Å². The first kappa shape index (κ1) is 11.0. The minimum absolute atomic E-state index is 0.0937. The van der Waals surface area contributed by atoms with Crippen LogP contribution in [0.5, 0.6) is 0 Å². The van der Waals surface area contributed by atoms with Crippen molar-refractivity contribution in [2.24, 2.45) is 0 Å². The lowest BCUT2D eigenvalue weighted by molar-refractivity contribution is 0.281. The van der Waals surface area contributed by atoms with Gasteiger partial charge in [-0.1, -0.05) is 22.0 Å². The highest BCUT2D eigenvalue weighted by Gasteiger charge is 2.20. The van der Waals surface area contributed by atoms with Crippen LogP contribution in [0.2, 0.25) is 0 Å². The van der Waals surface area contributed by atoms with Crippen LogP contribution >= 0.6 is 15.9 Å². The van der Waals surface area contributed by atoms with E-state index in [1.165, 1.54) is 18.5 Å². The molecule has 3 heteroatoms. The number of aliphatic hydroxyl groups is 1. The molecule has 1 aromatic rings. The van der Waals surface area contributed by atoms with Gasteiger partial charge in [-0.2, -0.15) is 0 Å². The Morgan fingerprint density at radius 3 is 2.87 bits per heavy atom. The third kappa shape index (κ3) is 2.18. The molecule has 1 aliphatic rings. The normalized spacial score (nSPS) is 21.0. The number of rotatable bonds is 2. The van der Waals surface area contributed by atoms with Crippen LogP contribution in [0.3, 0.4) is 0 Å². The molecule has 0 amide bonds. The monoisotopic (exact) mass is 269 g/mol. The number of hydrogen-bond acceptors (Lipinski definition) is 2. The molecule has 2 rings (SSSR count). The van der Waals surface area contributed by atoms with E-state index >= 15 is 0 Å². The zero-order chi connectivity index (χ0) is 10.8. The Balaban J connectivity index is 2.25. The van der Waals surface area contributed by atoms with Crippen LogP contribution in [0.15, 0.2) is 22.7 Å². The molecule has 0 aliphatic carbocycles. The lowest BCUT2D eigenvalue weighted by Crippen LogP contribution is -2.26. The van der Waals surface area contributed by atoms with Crippen LogP contribution in [-0.4, -0.2) is 17.7 Å². The second-order valence-electron chi connectivity index (χ2n) is 4.12. The molecule has 1 unspecified atom stereocenters. The van der Waals surface area contributed by atoms with E-state index in [2.05, 4.69) is 39.9 Å². The summed E-state index contributed by atoms with van der Waals surface area (Å²) in [4.78, 5) is 2.42. The molecule has 0 bridgehead atoms. The third-order valence-corrected chi connectivity index (χ3v) is 3.83. The standard InChI is InChI=1S/C12H16BrNO/c1-9-3-2-6-14(9)11-5-4-10(8-15)12(13)7-11/h4-5,7,9,15H,2-3,6,8H2,1H3. The minimum atomic E-state index is 0.0937. The van der Waals surface area contributed by atoms with Gasteiger partial charge in [0.15, 0.2) is 0 Å². The molecule has 0 aromatic heterocycles. The Labute approximate surface area is 99.0 Å². The SMILES string of the molecule is CC1CCCN1c1ccc(CO)c(Br)c1. The van der Waals surface area contributed by atoms with Gasteiger partial charge in [-0.3, -0.25) is 0 Å². The van der Waals surface area contributed by atoms with Crippen LogP contribution in [-0.2, 0) is 6.61 Å². The first-order valence-corrected chi connectivity index (χ1v) is 6.17. The average Bonchev–Trinajstić information content (AvgIpc) is 2.64. The predicted molar refractivity (Wildman–Crippen MR) is 66.1 cm³/mol. The van der Waals surface area contributed by atoms with Crippen molar-refractivity contribution >= 4 is 21.6 Å². The van der Waals surface area contributed by atoms with Gasteiger partial charge >= 0.3 is 0 Å². The van der Waals surface area contributed by atoms with Crippen molar-refractivity contribution in [3.63, 3.8) is 0 Å². The largest absolute Gasteiger partial charge is 0.392 e. The average molecular weight is 270 g/mol. The first-order valence-electron chi connectivity index (χ1n) is 5.38. The zero-order valence-corrected chi connectivity index (χ0v) is 10.5. The second-order valence-corrected chi connectivity index (χ2v) is 4.97. The summed E-state index contributed by atoms with van der Waals surface area (Å²) in [6.45, 7) is 3.50. The fourth-order valence-electron chi connectivity index (χ4n) is 2.16. The molecule has 1 aromatic carbocycles. The lowest BCUT2D eigenvalue weighted by atomic mass is 10.2. The first-order chi connectivity index (χ1) is 7.22. The fraction of sp³-hybridized carbons (Fsp3) is 0.500. The highest BCUT2D eigenvalue weighted by Crippen LogP contribution is 2.29. The number of halogens is 1. The van der Waals surface area contributed by atoms with Crippen LogP contribution in [0.4, 0.5) is 5.69 Å². The van der Waals surface area contributed by atoms with Crippen LogP contribution in [0.25, 0.3) is 0 Å². The molecule has 0 radical (unpaired) electrons. The van der Waals surface area contributed by atoms with Crippen molar-refractivity contribution in [2.75, 3.05) is 11.4 Å². The number of nitrogens with zero attached hydrogens (tertiary/aromatic N) is 1. The minimum Gasteiger partial charge on any atom is -0.392 e. The Bertz CT molecular complexity index is 353. The van der Waals surface area contributed by atoms with Gasteiger partial charge in [0.2, 0.25) is 0 Å². The second kappa shape index (κ2) is 4.54. The van der Waals surface area contributed by atoms with E-state index in [1.807, 2.05) is 6.07 Å². The summed E-state index contributed by atoms with van der Waals surface area (Å²) in [6, 6.07) is 6.83. The van der Waals surface area contributed by atoms with Crippen molar-refractivity contribution in [3.05, 3.63) is 28.2 Å². The van der Waals surface area contributed by atoms with Crippen LogP contribution in [0, 0.1) is 0 Å². The number of anilines is 1. The number of benzene rings is 1. The maximum atomic E-state index is 9.08. The van der Waals surface area contributed by atoms with E-state index in [1.54, 1.807) is 0 Å². The summed E-state index contributed by atoms with van der Waals surface area (Å²) in [6.07, 6.45) is 2.56. The lowest BCUT2D eigenvalue weighted by Gasteiger charge is -2.24. The van der Waals surface area contributed by atoms with E-state index in [9.17, 15) is 0 Å². The van der Waals surface area contributed by atoms with E-state index in [0.717, 1.165) is 16.6 Å². The van der Waals surface area contributed by atoms with Crippen molar-refractivity contribution in [2.45, 2.75) is 32.4 Å². The molecule has 1 saturated heterocycles. The molecule has 0 spiro atoms. The van der Waals surface area contributed by atoms with Gasteiger partial charge in [0, 0.05) is 22.7 Å². The molecule has 1 aliphatic heterocycles. The van der Waals surface area contributed by atoms with E-state index < -0.39 is 0 Å². The topological polar surface area (TPSA) is 23.5 Å². The fourth-order valence-corrected chi connectivity index (χ4v) is 2.65. The quantitative estimate of drug-likeness (QED) is 0.893. The van der Waals surface area contributed by atoms with Gasteiger partial charge in [-0.15, -0.1) is 0 Å². The van der Waals surface area contributed by atoms with Gasteiger partial charge in [0.25, 0.3) is 0 Å². The Hall–Kier alpha value is -0.540. The van der Waals surface area contributed by atoms with Gasteiger partial charge < -0.3 is 10.0 Å². The molecule has 1 N–H and O–H groups in total. The molecule has 1 fully saturated rings. The molecule has 82 valence electrons. The summed E-state index contributed by atoms with van der Waals surface area (Å²) in [5.41, 5.74) is 2.20. The molecular weight excluding hydrogens is 254 g/mol. The molecule has 2 nitrogen and oxygen atoms in total. The molecule has 1 atom stereocenters. The van der Waals surface area contributed by atoms with Crippen molar-refractivity contribution in [1.82, 2.24) is 0 Å². The summed E-state index contributed by atoms with van der Waals surface area (Å²) >= 11 is 3.49.